The number of fused-ring (bicyclic) bond motifs is 1. The number of alkyl halides is 3. The highest BCUT2D eigenvalue weighted by Crippen LogP contribution is 2.38. The average Bonchev–Trinajstić information content (AvgIpc) is 3.06. The monoisotopic (exact) mass is 379 g/mol. The number of aromatic amines is 1. The lowest BCUT2D eigenvalue weighted by Crippen LogP contribution is -2.12. The van der Waals surface area contributed by atoms with E-state index in [1.54, 1.807) is 6.20 Å². The Hall–Kier alpha value is -2.11. The van der Waals surface area contributed by atoms with Crippen LogP contribution < -0.4 is 0 Å². The van der Waals surface area contributed by atoms with Crippen LogP contribution in [0.1, 0.15) is 74.8 Å². The molecule has 2 fully saturated rings. The summed E-state index contributed by atoms with van der Waals surface area (Å²) in [5.41, 5.74) is 0.987. The van der Waals surface area contributed by atoms with E-state index in [1.807, 2.05) is 0 Å². The summed E-state index contributed by atoms with van der Waals surface area (Å²) in [5, 5.41) is 0.624. The number of nitrogens with one attached hydrogen (secondary N) is 1. The summed E-state index contributed by atoms with van der Waals surface area (Å²) in [6, 6.07) is 3.76. The highest BCUT2D eigenvalue weighted by atomic mass is 19.4. The lowest BCUT2D eigenvalue weighted by molar-refractivity contribution is -0.137. The Morgan fingerprint density at radius 3 is 2.07 bits per heavy atom. The van der Waals surface area contributed by atoms with Gasteiger partial charge in [-0.2, -0.15) is 13.2 Å². The Morgan fingerprint density at radius 1 is 0.889 bits per heavy atom. The van der Waals surface area contributed by atoms with E-state index in [0.717, 1.165) is 50.2 Å². The summed E-state index contributed by atoms with van der Waals surface area (Å²) >= 11 is 0. The predicted molar refractivity (Wildman–Crippen MR) is 97.6 cm³/mol. The van der Waals surface area contributed by atoms with Crippen LogP contribution in [-0.4, -0.2) is 16.6 Å². The summed E-state index contributed by atoms with van der Waals surface area (Å²) in [7, 11) is 0. The fourth-order valence-electron chi connectivity index (χ4n) is 3.85. The molecule has 0 spiro atoms. The second kappa shape index (κ2) is 8.28. The Balaban J connectivity index is 0.000000253. The average molecular weight is 379 g/mol. The Morgan fingerprint density at radius 2 is 1.52 bits per heavy atom. The summed E-state index contributed by atoms with van der Waals surface area (Å²) in [5.74, 6) is 0.883. The van der Waals surface area contributed by atoms with Crippen LogP contribution in [0.25, 0.3) is 10.9 Å². The molecule has 1 heterocycles. The first-order valence-electron chi connectivity index (χ1n) is 9.56. The first-order chi connectivity index (χ1) is 12.8. The highest BCUT2D eigenvalue weighted by molar-refractivity contribution is 5.85. The van der Waals surface area contributed by atoms with Gasteiger partial charge in [-0.3, -0.25) is 9.59 Å². The Kier molecular flexibility index (Phi) is 6.02. The van der Waals surface area contributed by atoms with Crippen molar-refractivity contribution in [2.45, 2.75) is 69.9 Å². The van der Waals surface area contributed by atoms with Crippen molar-refractivity contribution in [2.24, 2.45) is 0 Å². The molecule has 0 bridgehead atoms. The second-order valence-corrected chi connectivity index (χ2v) is 7.41. The zero-order chi connectivity index (χ0) is 19.4. The van der Waals surface area contributed by atoms with Gasteiger partial charge in [-0.05, 0) is 55.4 Å². The van der Waals surface area contributed by atoms with Crippen LogP contribution in [0.3, 0.4) is 0 Å². The van der Waals surface area contributed by atoms with Crippen LogP contribution >= 0.6 is 0 Å². The van der Waals surface area contributed by atoms with Gasteiger partial charge in [-0.15, -0.1) is 0 Å². The molecule has 2 aliphatic rings. The molecule has 0 atom stereocenters. The number of hydrogen-bond acceptors (Lipinski definition) is 2. The molecule has 1 aromatic carbocycles. The van der Waals surface area contributed by atoms with Gasteiger partial charge in [0.25, 0.3) is 0 Å². The number of H-pyrrole nitrogens is 1. The Bertz CT molecular complexity index is 804. The molecular weight excluding hydrogens is 355 g/mol. The van der Waals surface area contributed by atoms with Gasteiger partial charge in [-0.1, -0.05) is 6.42 Å². The van der Waals surface area contributed by atoms with Crippen LogP contribution in [0, 0.1) is 0 Å². The summed E-state index contributed by atoms with van der Waals surface area (Å²) < 4.78 is 38.4. The molecule has 2 aliphatic carbocycles. The van der Waals surface area contributed by atoms with Crippen LogP contribution in [0.15, 0.2) is 24.4 Å². The van der Waals surface area contributed by atoms with Crippen molar-refractivity contribution in [3.63, 3.8) is 0 Å². The fourth-order valence-corrected chi connectivity index (χ4v) is 3.85. The number of hydrogen-bond donors (Lipinski definition) is 1. The van der Waals surface area contributed by atoms with E-state index in [9.17, 15) is 22.8 Å². The zero-order valence-electron chi connectivity index (χ0n) is 15.2. The van der Waals surface area contributed by atoms with Gasteiger partial charge in [-0.25, -0.2) is 0 Å². The molecule has 27 heavy (non-hydrogen) atoms. The van der Waals surface area contributed by atoms with Gasteiger partial charge >= 0.3 is 6.18 Å². The molecule has 3 nitrogen and oxygen atoms in total. The van der Waals surface area contributed by atoms with Crippen LogP contribution in [0.5, 0.6) is 0 Å². The molecule has 0 radical (unpaired) electrons. The maximum atomic E-state index is 12.8. The van der Waals surface area contributed by atoms with Gasteiger partial charge in [0.05, 0.1) is 5.56 Å². The maximum Gasteiger partial charge on any atom is 0.416 e. The van der Waals surface area contributed by atoms with Gasteiger partial charge in [0, 0.05) is 42.8 Å². The molecule has 0 unspecified atom stereocenters. The lowest BCUT2D eigenvalue weighted by Gasteiger charge is -2.20. The molecular formula is C21H24F3NO2. The molecule has 1 N–H and O–H groups in total. The molecule has 4 rings (SSSR count). The van der Waals surface area contributed by atoms with Crippen molar-refractivity contribution < 1.29 is 22.8 Å². The number of aromatic nitrogens is 1. The number of Topliss-reactive ketones (excluding diaryl/α,β-unsaturated/α-hetero) is 2. The van der Waals surface area contributed by atoms with Crippen LogP contribution in [-0.2, 0) is 15.8 Å². The van der Waals surface area contributed by atoms with Crippen LogP contribution in [0.2, 0.25) is 0 Å². The SMILES string of the molecule is O=C1CCC(c2c[nH]c3ccc(C(F)(F)F)cc23)CC1.O=C1CCCCC1. The highest BCUT2D eigenvalue weighted by Gasteiger charge is 2.31. The van der Waals surface area contributed by atoms with Gasteiger partial charge in [0.2, 0.25) is 0 Å². The molecule has 1 aromatic heterocycles. The Labute approximate surface area is 156 Å². The smallest absolute Gasteiger partial charge is 0.361 e. The number of benzene rings is 1. The van der Waals surface area contributed by atoms with E-state index in [4.69, 9.17) is 0 Å². The number of carbonyl (C=O) groups is 2. The van der Waals surface area contributed by atoms with E-state index >= 15 is 0 Å². The first kappa shape index (κ1) is 19.6. The van der Waals surface area contributed by atoms with Gasteiger partial charge in [0.15, 0.2) is 0 Å². The van der Waals surface area contributed by atoms with Gasteiger partial charge in [0.1, 0.15) is 11.6 Å². The van der Waals surface area contributed by atoms with Crippen molar-refractivity contribution in [1.29, 1.82) is 0 Å². The predicted octanol–water partition coefficient (Wildman–Crippen LogP) is 5.93. The molecule has 146 valence electrons. The van der Waals surface area contributed by atoms with Crippen molar-refractivity contribution in [2.75, 3.05) is 0 Å². The summed E-state index contributed by atoms with van der Waals surface area (Å²) in [4.78, 5) is 24.8. The van der Waals surface area contributed by atoms with E-state index in [1.165, 1.54) is 18.6 Å². The number of halogens is 3. The fraction of sp³-hybridized carbons (Fsp3) is 0.524. The van der Waals surface area contributed by atoms with E-state index in [-0.39, 0.29) is 11.7 Å². The van der Waals surface area contributed by atoms with Crippen LogP contribution in [0.4, 0.5) is 13.2 Å². The molecule has 6 heteroatoms. The molecule has 2 aromatic rings. The van der Waals surface area contributed by atoms with E-state index < -0.39 is 11.7 Å². The number of rotatable bonds is 1. The summed E-state index contributed by atoms with van der Waals surface area (Å²) in [6.07, 6.45) is 5.19. The topological polar surface area (TPSA) is 49.9 Å². The third-order valence-electron chi connectivity index (χ3n) is 5.44. The third-order valence-corrected chi connectivity index (χ3v) is 5.44. The number of carbonyl (C=O) groups excluding carboxylic acids is 2. The van der Waals surface area contributed by atoms with E-state index in [0.29, 0.717) is 29.5 Å². The largest absolute Gasteiger partial charge is 0.416 e. The standard InChI is InChI=1S/C15H14F3NO.C6H10O/c16-15(17,18)10-3-6-14-12(7-10)13(8-19-14)9-1-4-11(20)5-2-9;7-6-4-2-1-3-5-6/h3,6-9,19H,1-2,4-5H2;1-5H2. The zero-order valence-corrected chi connectivity index (χ0v) is 15.2. The molecule has 0 aliphatic heterocycles. The van der Waals surface area contributed by atoms with Crippen molar-refractivity contribution in [3.8, 4) is 0 Å². The quantitative estimate of drug-likeness (QED) is 0.667. The summed E-state index contributed by atoms with van der Waals surface area (Å²) in [6.45, 7) is 0. The van der Waals surface area contributed by atoms with Crippen molar-refractivity contribution >= 4 is 22.5 Å². The molecule has 2 saturated carbocycles. The third kappa shape index (κ3) is 4.99. The van der Waals surface area contributed by atoms with E-state index in [2.05, 4.69) is 4.98 Å². The molecule has 0 amide bonds. The lowest BCUT2D eigenvalue weighted by atomic mass is 9.83. The first-order valence-corrected chi connectivity index (χ1v) is 9.56. The minimum atomic E-state index is -4.33. The van der Waals surface area contributed by atoms with Crippen molar-refractivity contribution in [3.05, 3.63) is 35.5 Å². The molecule has 0 saturated heterocycles. The minimum Gasteiger partial charge on any atom is -0.361 e. The van der Waals surface area contributed by atoms with Crippen molar-refractivity contribution in [1.82, 2.24) is 4.98 Å². The minimum absolute atomic E-state index is 0.171. The van der Waals surface area contributed by atoms with Gasteiger partial charge < -0.3 is 4.98 Å². The second-order valence-electron chi connectivity index (χ2n) is 7.41. The normalized spacial score (nSPS) is 19.1. The maximum absolute atomic E-state index is 12.8. The number of ketones is 2.